The molecule has 1 saturated heterocycles. The average Bonchev–Trinajstić information content (AvgIpc) is 2.79. The fraction of sp³-hybridized carbons (Fsp3) is 0.300. The van der Waals surface area contributed by atoms with Crippen LogP contribution in [0, 0.1) is 0 Å². The van der Waals surface area contributed by atoms with Crippen molar-refractivity contribution in [3.8, 4) is 0 Å². The largest absolute Gasteiger partial charge is 0.449 e. The Morgan fingerprint density at radius 1 is 1.09 bits per heavy atom. The number of morpholine rings is 1. The fourth-order valence-electron chi connectivity index (χ4n) is 3.01. The van der Waals surface area contributed by atoms with Crippen molar-refractivity contribution in [3.05, 3.63) is 53.1 Å². The zero-order valence-electron chi connectivity index (χ0n) is 17.9. The maximum atomic E-state index is 12.9. The summed E-state index contributed by atoms with van der Waals surface area (Å²) in [5.74, 6) is -1.62. The molecular formula is C20H22ClN3O8S2. The highest BCUT2D eigenvalue weighted by Gasteiger charge is 2.30. The van der Waals surface area contributed by atoms with E-state index in [0.717, 1.165) is 6.07 Å². The molecule has 0 aromatic heterocycles. The Bertz CT molecular complexity index is 1290. The zero-order valence-corrected chi connectivity index (χ0v) is 20.3. The highest BCUT2D eigenvalue weighted by atomic mass is 35.5. The third kappa shape index (κ3) is 6.11. The van der Waals surface area contributed by atoms with E-state index < -0.39 is 38.0 Å². The summed E-state index contributed by atoms with van der Waals surface area (Å²) < 4.78 is 60.0. The van der Waals surface area contributed by atoms with Crippen molar-refractivity contribution < 1.29 is 35.9 Å². The molecule has 184 valence electrons. The predicted octanol–water partition coefficient (Wildman–Crippen LogP) is 1.19. The van der Waals surface area contributed by atoms with Gasteiger partial charge in [0.2, 0.25) is 20.0 Å². The molecule has 1 fully saturated rings. The summed E-state index contributed by atoms with van der Waals surface area (Å²) in [5, 5.41) is 7.45. The van der Waals surface area contributed by atoms with Crippen molar-refractivity contribution in [1.29, 1.82) is 0 Å². The SMILES string of the molecule is C[C@H](OC(=O)c1ccc(Cl)c(S(=O)(=O)N2CCOCC2)c1)C(=O)Nc1ccc(S(N)(=O)=O)cc1. The first-order valence-electron chi connectivity index (χ1n) is 9.92. The number of anilines is 1. The number of hydrogen-bond donors (Lipinski definition) is 2. The molecular weight excluding hydrogens is 510 g/mol. The molecule has 3 rings (SSSR count). The van der Waals surface area contributed by atoms with E-state index in [1.807, 2.05) is 0 Å². The Morgan fingerprint density at radius 2 is 1.71 bits per heavy atom. The Balaban J connectivity index is 1.70. The monoisotopic (exact) mass is 531 g/mol. The van der Waals surface area contributed by atoms with Gasteiger partial charge in [0.25, 0.3) is 5.91 Å². The van der Waals surface area contributed by atoms with Crippen molar-refractivity contribution in [2.24, 2.45) is 5.14 Å². The smallest absolute Gasteiger partial charge is 0.338 e. The van der Waals surface area contributed by atoms with Crippen LogP contribution in [-0.2, 0) is 34.3 Å². The Morgan fingerprint density at radius 3 is 2.29 bits per heavy atom. The van der Waals surface area contributed by atoms with Crippen molar-refractivity contribution in [2.75, 3.05) is 31.6 Å². The molecule has 2 aromatic carbocycles. The fourth-order valence-corrected chi connectivity index (χ4v) is 5.43. The molecule has 0 aliphatic carbocycles. The van der Waals surface area contributed by atoms with E-state index >= 15 is 0 Å². The first-order valence-corrected chi connectivity index (χ1v) is 13.3. The van der Waals surface area contributed by atoms with Gasteiger partial charge in [0, 0.05) is 18.8 Å². The van der Waals surface area contributed by atoms with Crippen molar-refractivity contribution in [1.82, 2.24) is 4.31 Å². The molecule has 0 unspecified atom stereocenters. The molecule has 1 atom stereocenters. The number of nitrogens with two attached hydrogens (primary N) is 1. The standard InChI is InChI=1S/C20H22ClN3O8S2/c1-13(19(25)23-15-3-5-16(6-4-15)33(22,27)28)32-20(26)14-2-7-17(21)18(12-14)34(29,30)24-8-10-31-11-9-24/h2-7,12-13H,8-11H2,1H3,(H,23,25)(H2,22,27,28)/t13-/m0/s1. The van der Waals surface area contributed by atoms with Crippen molar-refractivity contribution in [2.45, 2.75) is 22.8 Å². The third-order valence-corrected chi connectivity index (χ3v) is 8.17. The van der Waals surface area contributed by atoms with Crippen LogP contribution >= 0.6 is 11.6 Å². The number of ether oxygens (including phenoxy) is 2. The lowest BCUT2D eigenvalue weighted by atomic mass is 10.2. The van der Waals surface area contributed by atoms with E-state index in [1.165, 1.54) is 47.6 Å². The molecule has 1 heterocycles. The normalized spacial score (nSPS) is 16.0. The molecule has 0 bridgehead atoms. The van der Waals surface area contributed by atoms with E-state index in [4.69, 9.17) is 26.2 Å². The van der Waals surface area contributed by atoms with E-state index in [9.17, 15) is 26.4 Å². The number of benzene rings is 2. The van der Waals surface area contributed by atoms with Gasteiger partial charge in [-0.1, -0.05) is 11.6 Å². The number of halogens is 1. The summed E-state index contributed by atoms with van der Waals surface area (Å²) in [7, 11) is -7.84. The minimum atomic E-state index is -3.97. The minimum absolute atomic E-state index is 0.0585. The van der Waals surface area contributed by atoms with Gasteiger partial charge >= 0.3 is 5.97 Å². The molecule has 0 spiro atoms. The lowest BCUT2D eigenvalue weighted by Crippen LogP contribution is -2.40. The van der Waals surface area contributed by atoms with Gasteiger partial charge in [-0.2, -0.15) is 4.31 Å². The summed E-state index contributed by atoms with van der Waals surface area (Å²) in [4.78, 5) is 24.6. The zero-order chi connectivity index (χ0) is 25.1. The molecule has 14 heteroatoms. The first-order chi connectivity index (χ1) is 15.9. The van der Waals surface area contributed by atoms with Crippen LogP contribution in [0.5, 0.6) is 0 Å². The van der Waals surface area contributed by atoms with Gasteiger partial charge in [-0.05, 0) is 49.4 Å². The quantitative estimate of drug-likeness (QED) is 0.503. The topological polar surface area (TPSA) is 162 Å². The van der Waals surface area contributed by atoms with Gasteiger partial charge in [0.05, 0.1) is 28.7 Å². The Kier molecular flexibility index (Phi) is 7.95. The number of carbonyl (C=O) groups is 2. The second-order valence-corrected chi connectivity index (χ2v) is 11.1. The molecule has 2 aromatic rings. The Hall–Kier alpha value is -2.55. The van der Waals surface area contributed by atoms with Gasteiger partial charge in [-0.25, -0.2) is 26.8 Å². The minimum Gasteiger partial charge on any atom is -0.449 e. The van der Waals surface area contributed by atoms with E-state index in [0.29, 0.717) is 0 Å². The summed E-state index contributed by atoms with van der Waals surface area (Å²) in [5.41, 5.74) is 0.152. The summed E-state index contributed by atoms with van der Waals surface area (Å²) in [6.45, 7) is 2.13. The maximum Gasteiger partial charge on any atom is 0.338 e. The van der Waals surface area contributed by atoms with Crippen LogP contribution in [0.4, 0.5) is 5.69 Å². The number of sulfonamides is 2. The van der Waals surface area contributed by atoms with E-state index in [2.05, 4.69) is 5.32 Å². The number of carbonyl (C=O) groups excluding carboxylic acids is 2. The third-order valence-electron chi connectivity index (χ3n) is 4.86. The van der Waals surface area contributed by atoms with Gasteiger partial charge in [-0.15, -0.1) is 0 Å². The summed E-state index contributed by atoms with van der Waals surface area (Å²) in [6, 6.07) is 8.74. The molecule has 0 radical (unpaired) electrons. The van der Waals surface area contributed by atoms with E-state index in [-0.39, 0.29) is 52.4 Å². The second-order valence-electron chi connectivity index (χ2n) is 7.27. The van der Waals surface area contributed by atoms with Crippen LogP contribution in [0.15, 0.2) is 52.3 Å². The van der Waals surface area contributed by atoms with Gasteiger partial charge in [-0.3, -0.25) is 4.79 Å². The van der Waals surface area contributed by atoms with Crippen LogP contribution in [0.1, 0.15) is 17.3 Å². The van der Waals surface area contributed by atoms with Crippen LogP contribution in [0.2, 0.25) is 5.02 Å². The molecule has 3 N–H and O–H groups in total. The summed E-state index contributed by atoms with van der Waals surface area (Å²) >= 11 is 6.09. The molecule has 34 heavy (non-hydrogen) atoms. The van der Waals surface area contributed by atoms with Crippen LogP contribution in [-0.4, -0.2) is 65.4 Å². The average molecular weight is 532 g/mol. The van der Waals surface area contributed by atoms with Gasteiger partial charge in [0.1, 0.15) is 4.90 Å². The molecule has 1 amide bonds. The number of hydrogen-bond acceptors (Lipinski definition) is 8. The number of nitrogens with zero attached hydrogens (tertiary/aromatic N) is 1. The Labute approximate surface area is 201 Å². The number of rotatable bonds is 7. The second kappa shape index (κ2) is 10.4. The molecule has 1 aliphatic heterocycles. The van der Waals surface area contributed by atoms with Crippen molar-refractivity contribution in [3.63, 3.8) is 0 Å². The highest BCUT2D eigenvalue weighted by molar-refractivity contribution is 7.89. The van der Waals surface area contributed by atoms with Crippen LogP contribution < -0.4 is 10.5 Å². The van der Waals surface area contributed by atoms with E-state index in [1.54, 1.807) is 0 Å². The van der Waals surface area contributed by atoms with Gasteiger partial charge < -0.3 is 14.8 Å². The number of amides is 1. The summed E-state index contributed by atoms with van der Waals surface area (Å²) in [6.07, 6.45) is -1.25. The van der Waals surface area contributed by atoms with Crippen LogP contribution in [0.3, 0.4) is 0 Å². The molecule has 11 nitrogen and oxygen atoms in total. The predicted molar refractivity (Wildman–Crippen MR) is 122 cm³/mol. The lowest BCUT2D eigenvalue weighted by molar-refractivity contribution is -0.123. The lowest BCUT2D eigenvalue weighted by Gasteiger charge is -2.26. The number of nitrogens with one attached hydrogen (secondary N) is 1. The molecule has 0 saturated carbocycles. The first kappa shape index (κ1) is 26.1. The van der Waals surface area contributed by atoms with Crippen LogP contribution in [0.25, 0.3) is 0 Å². The number of primary sulfonamides is 1. The number of esters is 1. The van der Waals surface area contributed by atoms with Gasteiger partial charge in [0.15, 0.2) is 6.10 Å². The molecule has 1 aliphatic rings. The maximum absolute atomic E-state index is 12.9. The highest BCUT2D eigenvalue weighted by Crippen LogP contribution is 2.27. The van der Waals surface area contributed by atoms with Crippen molar-refractivity contribution >= 4 is 49.2 Å².